The fourth-order valence-corrected chi connectivity index (χ4v) is 4.97. The molecule has 4 nitrogen and oxygen atoms in total. The Bertz CT molecular complexity index is 1470. The maximum Gasteiger partial charge on any atom is 0.337 e. The second kappa shape index (κ2) is 10.6. The van der Waals surface area contributed by atoms with Crippen molar-refractivity contribution in [3.8, 4) is 11.8 Å². The van der Waals surface area contributed by atoms with Crippen LogP contribution in [0.5, 0.6) is 0 Å². The summed E-state index contributed by atoms with van der Waals surface area (Å²) in [5.41, 5.74) is 3.26. The van der Waals surface area contributed by atoms with E-state index in [4.69, 9.17) is 4.74 Å². The number of carboxylic acids is 1. The van der Waals surface area contributed by atoms with E-state index in [1.54, 1.807) is 6.92 Å². The lowest BCUT2D eigenvalue weighted by molar-refractivity contribution is -0.160. The normalized spacial score (nSPS) is 17.8. The number of carbonyl (C=O) groups is 1. The highest BCUT2D eigenvalue weighted by atomic mass is 16.5. The molecule has 0 bridgehead atoms. The summed E-state index contributed by atoms with van der Waals surface area (Å²) in [5.74, 6) is 5.17. The van der Waals surface area contributed by atoms with Crippen LogP contribution in [0, 0.1) is 18.8 Å². The van der Waals surface area contributed by atoms with Crippen molar-refractivity contribution in [2.75, 3.05) is 0 Å². The Balaban J connectivity index is 1.92. The molecule has 1 unspecified atom stereocenters. The van der Waals surface area contributed by atoms with Crippen molar-refractivity contribution in [1.29, 1.82) is 0 Å². The Morgan fingerprint density at radius 2 is 1.76 bits per heavy atom. The molecular weight excluding hydrogens is 472 g/mol. The largest absolute Gasteiger partial charge is 0.479 e. The highest BCUT2D eigenvalue weighted by Gasteiger charge is 2.33. The monoisotopic (exact) mass is 508 g/mol. The van der Waals surface area contributed by atoms with Crippen LogP contribution in [0.2, 0.25) is 0 Å². The highest BCUT2D eigenvalue weighted by molar-refractivity contribution is 5.92. The van der Waals surface area contributed by atoms with Gasteiger partial charge < -0.3 is 14.9 Å². The third-order valence-electron chi connectivity index (χ3n) is 6.83. The van der Waals surface area contributed by atoms with Crippen LogP contribution in [0.15, 0.2) is 78.4 Å². The molecule has 0 saturated carbocycles. The molecule has 4 heteroatoms. The maximum absolute atomic E-state index is 12.6. The van der Waals surface area contributed by atoms with Crippen molar-refractivity contribution in [2.24, 2.45) is 0 Å². The average molecular weight is 509 g/mol. The molecule has 0 aliphatic heterocycles. The van der Waals surface area contributed by atoms with Gasteiger partial charge in [-0.2, -0.15) is 0 Å². The number of ether oxygens (including phenoxy) is 1. The van der Waals surface area contributed by atoms with Crippen LogP contribution in [0.3, 0.4) is 0 Å². The minimum Gasteiger partial charge on any atom is -0.479 e. The van der Waals surface area contributed by atoms with E-state index >= 15 is 0 Å². The number of hydrogen-bond acceptors (Lipinski definition) is 3. The Labute approximate surface area is 225 Å². The number of hydrogen-bond donors (Lipinski definition) is 2. The first-order valence-corrected chi connectivity index (χ1v) is 13.0. The fourth-order valence-electron chi connectivity index (χ4n) is 4.97. The van der Waals surface area contributed by atoms with Gasteiger partial charge in [-0.05, 0) is 93.1 Å². The lowest BCUT2D eigenvalue weighted by Crippen LogP contribution is -2.29. The number of aryl methyl sites for hydroxylation is 1. The van der Waals surface area contributed by atoms with Gasteiger partial charge in [0.2, 0.25) is 0 Å². The van der Waals surface area contributed by atoms with Gasteiger partial charge in [-0.3, -0.25) is 0 Å². The molecule has 196 valence electrons. The molecule has 0 saturated heterocycles. The quantitative estimate of drug-likeness (QED) is 0.354. The van der Waals surface area contributed by atoms with E-state index in [2.05, 4.69) is 37.0 Å². The lowest BCUT2D eigenvalue weighted by atomic mass is 9.80. The minimum atomic E-state index is -1.30. The summed E-state index contributed by atoms with van der Waals surface area (Å²) in [6.45, 7) is 11.3. The summed E-state index contributed by atoms with van der Waals surface area (Å²) in [5, 5.41) is 23.2. The predicted molar refractivity (Wildman–Crippen MR) is 153 cm³/mol. The summed E-state index contributed by atoms with van der Waals surface area (Å²) in [4.78, 5) is 12.6. The highest BCUT2D eigenvalue weighted by Crippen LogP contribution is 2.41. The van der Waals surface area contributed by atoms with E-state index in [0.29, 0.717) is 5.56 Å². The topological polar surface area (TPSA) is 66.8 Å². The smallest absolute Gasteiger partial charge is 0.337 e. The first-order valence-electron chi connectivity index (χ1n) is 13.0. The van der Waals surface area contributed by atoms with Gasteiger partial charge in [0.15, 0.2) is 6.10 Å². The Kier molecular flexibility index (Phi) is 7.65. The van der Waals surface area contributed by atoms with E-state index in [-0.39, 0.29) is 5.92 Å². The molecule has 1 aliphatic rings. The summed E-state index contributed by atoms with van der Waals surface area (Å²) in [6, 6.07) is 17.4. The standard InChI is InChI=1S/C34H36O4/c1-22-12-15-25(16-13-22)30-28-21-24(18-19-34(6,37)27-10-8-7-9-11-27)14-17-26(28)20-23(2)29(30)31(32(35)36)38-33(3,4)5/h7-15,17,20-21,25,31,37H,16H2,1-6H3,(H,35,36)/t25?,31-,34-/m0/s1. The molecule has 3 aromatic carbocycles. The summed E-state index contributed by atoms with van der Waals surface area (Å²) < 4.78 is 6.14. The second-order valence-electron chi connectivity index (χ2n) is 11.2. The molecule has 0 heterocycles. The van der Waals surface area contributed by atoms with Gasteiger partial charge >= 0.3 is 5.97 Å². The average Bonchev–Trinajstić information content (AvgIpc) is 2.86. The zero-order chi connectivity index (χ0) is 27.7. The third kappa shape index (κ3) is 6.07. The Morgan fingerprint density at radius 1 is 1.05 bits per heavy atom. The third-order valence-corrected chi connectivity index (χ3v) is 6.83. The first-order chi connectivity index (χ1) is 17.9. The van der Waals surface area contributed by atoms with Crippen molar-refractivity contribution < 1.29 is 19.7 Å². The van der Waals surface area contributed by atoms with Gasteiger partial charge in [-0.15, -0.1) is 0 Å². The number of fused-ring (bicyclic) bond motifs is 1. The van der Waals surface area contributed by atoms with Crippen LogP contribution < -0.4 is 0 Å². The molecule has 3 aromatic rings. The molecule has 4 rings (SSSR count). The number of benzene rings is 3. The van der Waals surface area contributed by atoms with Gasteiger partial charge in [0.25, 0.3) is 0 Å². The number of aliphatic carboxylic acids is 1. The molecule has 38 heavy (non-hydrogen) atoms. The van der Waals surface area contributed by atoms with Crippen molar-refractivity contribution in [3.05, 3.63) is 106 Å². The number of aliphatic hydroxyl groups is 1. The van der Waals surface area contributed by atoms with Gasteiger partial charge in [0, 0.05) is 11.5 Å². The Morgan fingerprint density at radius 3 is 2.37 bits per heavy atom. The van der Waals surface area contributed by atoms with E-state index in [1.165, 1.54) is 5.57 Å². The van der Waals surface area contributed by atoms with Gasteiger partial charge in [0.1, 0.15) is 5.60 Å². The Hall–Kier alpha value is -3.65. The molecule has 3 atom stereocenters. The predicted octanol–water partition coefficient (Wildman–Crippen LogP) is 7.34. The molecule has 2 N–H and O–H groups in total. The fraction of sp³-hybridized carbons (Fsp3) is 0.324. The van der Waals surface area contributed by atoms with Gasteiger partial charge in [-0.25, -0.2) is 4.79 Å². The van der Waals surface area contributed by atoms with Crippen LogP contribution >= 0.6 is 0 Å². The van der Waals surface area contributed by atoms with Gasteiger partial charge in [0.05, 0.1) is 5.60 Å². The van der Waals surface area contributed by atoms with E-state index in [1.807, 2.05) is 82.3 Å². The SMILES string of the molecule is CC1=CCC(c2c([C@H](OC(C)(C)C)C(=O)O)c(C)cc3ccc(C#C[C@](C)(O)c4ccccc4)cc23)C=C1. The minimum absolute atomic E-state index is 0.00264. The number of rotatable bonds is 5. The summed E-state index contributed by atoms with van der Waals surface area (Å²) >= 11 is 0. The zero-order valence-electron chi connectivity index (χ0n) is 23.0. The second-order valence-corrected chi connectivity index (χ2v) is 11.2. The molecule has 0 radical (unpaired) electrons. The first kappa shape index (κ1) is 27.4. The lowest BCUT2D eigenvalue weighted by Gasteiger charge is -2.30. The van der Waals surface area contributed by atoms with Crippen molar-refractivity contribution in [3.63, 3.8) is 0 Å². The molecule has 0 spiro atoms. The van der Waals surface area contributed by atoms with E-state index in [9.17, 15) is 15.0 Å². The number of carboxylic acid groups (broad SMARTS) is 1. The molecule has 0 amide bonds. The zero-order valence-corrected chi connectivity index (χ0v) is 23.0. The van der Waals surface area contributed by atoms with E-state index < -0.39 is 23.3 Å². The molecular formula is C34H36O4. The van der Waals surface area contributed by atoms with Gasteiger partial charge in [-0.1, -0.05) is 78.1 Å². The van der Waals surface area contributed by atoms with Crippen LogP contribution in [0.25, 0.3) is 10.8 Å². The summed E-state index contributed by atoms with van der Waals surface area (Å²) in [6.07, 6.45) is 6.09. The van der Waals surface area contributed by atoms with Crippen LogP contribution in [0.4, 0.5) is 0 Å². The molecule has 1 aliphatic carbocycles. The molecule has 0 aromatic heterocycles. The molecule has 0 fully saturated rings. The van der Waals surface area contributed by atoms with Crippen molar-refractivity contribution >= 4 is 16.7 Å². The van der Waals surface area contributed by atoms with Crippen molar-refractivity contribution in [1.82, 2.24) is 0 Å². The maximum atomic E-state index is 12.6. The van der Waals surface area contributed by atoms with Crippen molar-refractivity contribution in [2.45, 2.75) is 71.2 Å². The van der Waals surface area contributed by atoms with Crippen LogP contribution in [-0.4, -0.2) is 21.8 Å². The van der Waals surface area contributed by atoms with Crippen LogP contribution in [-0.2, 0) is 15.1 Å². The van der Waals surface area contributed by atoms with E-state index in [0.717, 1.165) is 39.4 Å². The van der Waals surface area contributed by atoms with Crippen LogP contribution in [0.1, 0.15) is 80.9 Å². The number of allylic oxidation sites excluding steroid dienone is 4. The summed E-state index contributed by atoms with van der Waals surface area (Å²) in [7, 11) is 0.